The van der Waals surface area contributed by atoms with Crippen molar-refractivity contribution >= 4 is 10.0 Å². The number of ether oxygens (including phenoxy) is 1. The first-order chi connectivity index (χ1) is 20.4. The minimum absolute atomic E-state index is 0.477. The topological polar surface area (TPSA) is 55.4 Å². The smallest absolute Gasteiger partial charge is 0.216 e. The number of rotatable bonds is 21. The summed E-state index contributed by atoms with van der Waals surface area (Å²) in [6.07, 6.45) is 12.9. The number of sulfonamides is 1. The van der Waals surface area contributed by atoms with Gasteiger partial charge in [0, 0.05) is 0 Å². The SMILES string of the molecule is CCCCCCCCC(C)S(=O)(=O)N[C@@H](CCCCCCC)OC(c1ccccc1)(c1ccccc1)c1ccccc1. The van der Waals surface area contributed by atoms with Crippen LogP contribution >= 0.6 is 0 Å². The van der Waals surface area contributed by atoms with Crippen molar-refractivity contribution in [1.82, 2.24) is 4.72 Å². The van der Waals surface area contributed by atoms with Gasteiger partial charge in [-0.25, -0.2) is 8.42 Å². The average molecular weight is 592 g/mol. The molecule has 1 unspecified atom stereocenters. The molecule has 0 saturated carbocycles. The van der Waals surface area contributed by atoms with Crippen LogP contribution in [0, 0.1) is 0 Å². The summed E-state index contributed by atoms with van der Waals surface area (Å²) in [6, 6.07) is 30.6. The quantitative estimate of drug-likeness (QED) is 0.0762. The number of hydrogen-bond acceptors (Lipinski definition) is 3. The Morgan fingerprint density at radius 2 is 0.976 bits per heavy atom. The van der Waals surface area contributed by atoms with E-state index in [-0.39, 0.29) is 0 Å². The zero-order valence-electron chi connectivity index (χ0n) is 26.1. The van der Waals surface area contributed by atoms with Crippen LogP contribution < -0.4 is 4.72 Å². The highest BCUT2D eigenvalue weighted by Gasteiger charge is 2.41. The fourth-order valence-electron chi connectivity index (χ4n) is 5.68. The zero-order valence-corrected chi connectivity index (χ0v) is 27.0. The van der Waals surface area contributed by atoms with Gasteiger partial charge in [-0.15, -0.1) is 0 Å². The lowest BCUT2D eigenvalue weighted by molar-refractivity contribution is -0.0572. The molecule has 3 aromatic carbocycles. The summed E-state index contributed by atoms with van der Waals surface area (Å²) in [5, 5.41) is -0.477. The highest BCUT2D eigenvalue weighted by molar-refractivity contribution is 7.90. The Hall–Kier alpha value is -2.47. The number of nitrogens with one attached hydrogen (secondary N) is 1. The van der Waals surface area contributed by atoms with Crippen molar-refractivity contribution in [3.63, 3.8) is 0 Å². The predicted octanol–water partition coefficient (Wildman–Crippen LogP) is 9.74. The van der Waals surface area contributed by atoms with Gasteiger partial charge in [0.1, 0.15) is 11.8 Å². The fourth-order valence-corrected chi connectivity index (χ4v) is 6.92. The summed E-state index contributed by atoms with van der Waals surface area (Å²) in [4.78, 5) is 0. The molecule has 0 amide bonds. The largest absolute Gasteiger partial charge is 0.342 e. The zero-order chi connectivity index (χ0) is 30.1. The maximum atomic E-state index is 13.7. The summed E-state index contributed by atoms with van der Waals surface area (Å²) >= 11 is 0. The van der Waals surface area contributed by atoms with Gasteiger partial charge in [0.15, 0.2) is 0 Å². The van der Waals surface area contributed by atoms with Gasteiger partial charge < -0.3 is 4.74 Å². The second-order valence-corrected chi connectivity index (χ2v) is 13.7. The Labute approximate surface area is 256 Å². The molecule has 0 aliphatic rings. The molecule has 2 atom stereocenters. The van der Waals surface area contributed by atoms with Crippen molar-refractivity contribution in [1.29, 1.82) is 0 Å². The molecule has 5 heteroatoms. The second kappa shape index (κ2) is 18.3. The van der Waals surface area contributed by atoms with Gasteiger partial charge in [-0.1, -0.05) is 169 Å². The van der Waals surface area contributed by atoms with E-state index in [9.17, 15) is 8.42 Å². The molecule has 4 nitrogen and oxygen atoms in total. The van der Waals surface area contributed by atoms with Crippen molar-refractivity contribution in [2.24, 2.45) is 0 Å². The highest BCUT2D eigenvalue weighted by Crippen LogP contribution is 2.41. The van der Waals surface area contributed by atoms with Gasteiger partial charge in [-0.05, 0) is 42.9 Å². The molecular weight excluding hydrogens is 538 g/mol. The molecule has 0 saturated heterocycles. The molecule has 0 fully saturated rings. The normalized spacial score (nSPS) is 13.6. The molecular formula is C37H53NO3S. The molecule has 3 aromatic rings. The van der Waals surface area contributed by atoms with Crippen LogP contribution in [-0.4, -0.2) is 19.9 Å². The molecule has 3 rings (SSSR count). The van der Waals surface area contributed by atoms with E-state index >= 15 is 0 Å². The summed E-state index contributed by atoms with van der Waals surface area (Å²) in [6.45, 7) is 6.26. The van der Waals surface area contributed by atoms with Crippen LogP contribution in [0.5, 0.6) is 0 Å². The third-order valence-electron chi connectivity index (χ3n) is 8.22. The number of benzene rings is 3. The fraction of sp³-hybridized carbons (Fsp3) is 0.514. The highest BCUT2D eigenvalue weighted by atomic mass is 32.2. The van der Waals surface area contributed by atoms with Crippen LogP contribution in [0.3, 0.4) is 0 Å². The van der Waals surface area contributed by atoms with E-state index in [1.54, 1.807) is 0 Å². The summed E-state index contributed by atoms with van der Waals surface area (Å²) in [5.74, 6) is 0. The monoisotopic (exact) mass is 591 g/mol. The second-order valence-electron chi connectivity index (χ2n) is 11.6. The van der Waals surface area contributed by atoms with Crippen molar-refractivity contribution < 1.29 is 13.2 Å². The summed E-state index contributed by atoms with van der Waals surface area (Å²) < 4.78 is 37.7. The van der Waals surface area contributed by atoms with Crippen molar-refractivity contribution in [2.45, 2.75) is 121 Å². The minimum atomic E-state index is -3.60. The summed E-state index contributed by atoms with van der Waals surface area (Å²) in [7, 11) is -3.60. The molecule has 0 heterocycles. The van der Waals surface area contributed by atoms with Crippen molar-refractivity contribution in [2.75, 3.05) is 0 Å². The van der Waals surface area contributed by atoms with E-state index in [0.717, 1.165) is 48.8 Å². The number of unbranched alkanes of at least 4 members (excludes halogenated alkanes) is 9. The Balaban J connectivity index is 1.94. The molecule has 0 spiro atoms. The predicted molar refractivity (Wildman–Crippen MR) is 177 cm³/mol. The van der Waals surface area contributed by atoms with Crippen LogP contribution in [0.4, 0.5) is 0 Å². The molecule has 0 aromatic heterocycles. The van der Waals surface area contributed by atoms with E-state index in [2.05, 4.69) is 55.0 Å². The third-order valence-corrected chi connectivity index (χ3v) is 10.1. The maximum Gasteiger partial charge on any atom is 0.216 e. The van der Waals surface area contributed by atoms with E-state index in [1.807, 2.05) is 61.5 Å². The first-order valence-electron chi connectivity index (χ1n) is 16.3. The molecule has 0 bridgehead atoms. The van der Waals surface area contributed by atoms with Gasteiger partial charge in [0.2, 0.25) is 10.0 Å². The van der Waals surface area contributed by atoms with Crippen molar-refractivity contribution in [3.8, 4) is 0 Å². The molecule has 0 aliphatic carbocycles. The van der Waals surface area contributed by atoms with Crippen LogP contribution in [-0.2, 0) is 20.4 Å². The van der Waals surface area contributed by atoms with Crippen LogP contribution in [0.15, 0.2) is 91.0 Å². The first kappa shape index (κ1) is 34.0. The van der Waals surface area contributed by atoms with Crippen LogP contribution in [0.2, 0.25) is 0 Å². The Kier molecular flexibility index (Phi) is 14.8. The molecule has 230 valence electrons. The standard InChI is InChI=1S/C37H53NO3S/c1-4-6-8-10-12-16-24-32(3)42(39,40)38-36(31-23-11-9-7-5-2)41-37(33-25-17-13-18-26-33,34-27-19-14-20-28-34)35-29-21-15-22-30-35/h13-15,17-22,25-30,32,36,38H,4-12,16,23-24,31H2,1-3H3/t32?,36-/m1/s1. The van der Waals surface area contributed by atoms with Crippen molar-refractivity contribution in [3.05, 3.63) is 108 Å². The van der Waals surface area contributed by atoms with E-state index in [4.69, 9.17) is 4.74 Å². The van der Waals surface area contributed by atoms with Crippen LogP contribution in [0.1, 0.15) is 121 Å². The molecule has 0 aliphatic heterocycles. The molecule has 1 N–H and O–H groups in total. The summed E-state index contributed by atoms with van der Waals surface area (Å²) in [5.41, 5.74) is 1.93. The van der Waals surface area contributed by atoms with Gasteiger partial charge in [-0.3, -0.25) is 0 Å². The number of hydrogen-bond donors (Lipinski definition) is 1. The van der Waals surface area contributed by atoms with E-state index in [0.29, 0.717) is 12.8 Å². The van der Waals surface area contributed by atoms with Gasteiger partial charge in [0.25, 0.3) is 0 Å². The Bertz CT molecular complexity index is 1120. The first-order valence-corrected chi connectivity index (χ1v) is 17.8. The van der Waals surface area contributed by atoms with Crippen LogP contribution in [0.25, 0.3) is 0 Å². The lowest BCUT2D eigenvalue weighted by atomic mass is 9.80. The minimum Gasteiger partial charge on any atom is -0.342 e. The average Bonchev–Trinajstić information content (AvgIpc) is 3.02. The van der Waals surface area contributed by atoms with E-state index < -0.39 is 27.1 Å². The van der Waals surface area contributed by atoms with Gasteiger partial charge in [0.05, 0.1) is 5.25 Å². The Morgan fingerprint density at radius 3 is 1.40 bits per heavy atom. The van der Waals surface area contributed by atoms with Gasteiger partial charge in [-0.2, -0.15) is 4.72 Å². The maximum absolute atomic E-state index is 13.7. The lowest BCUT2D eigenvalue weighted by Crippen LogP contribution is -2.47. The lowest BCUT2D eigenvalue weighted by Gasteiger charge is -2.39. The van der Waals surface area contributed by atoms with Gasteiger partial charge >= 0.3 is 0 Å². The van der Waals surface area contributed by atoms with E-state index in [1.165, 1.54) is 38.5 Å². The molecule has 0 radical (unpaired) electrons. The molecule has 42 heavy (non-hydrogen) atoms. The Morgan fingerprint density at radius 1 is 0.595 bits per heavy atom. The third kappa shape index (κ3) is 10.1.